The molecule has 0 radical (unpaired) electrons. The van der Waals surface area contributed by atoms with Gasteiger partial charge in [0, 0.05) is 19.6 Å². The van der Waals surface area contributed by atoms with E-state index in [-0.39, 0.29) is 0 Å². The van der Waals surface area contributed by atoms with E-state index in [0.717, 1.165) is 18.7 Å². The first-order valence-corrected chi connectivity index (χ1v) is 6.04. The Bertz CT molecular complexity index is 409. The summed E-state index contributed by atoms with van der Waals surface area (Å²) in [4.78, 5) is 2.07. The van der Waals surface area contributed by atoms with Crippen LogP contribution in [0.5, 0.6) is 0 Å². The highest BCUT2D eigenvalue weighted by Crippen LogP contribution is 2.27. The molecular formula is C14H16F3N. The number of nitrogens with zero attached hydrogens (tertiary/aromatic N) is 1. The zero-order chi connectivity index (χ0) is 13.0. The molecule has 1 aromatic carbocycles. The van der Waals surface area contributed by atoms with Crippen LogP contribution in [0.2, 0.25) is 0 Å². The maximum absolute atomic E-state index is 12.3. The molecule has 0 aromatic heterocycles. The van der Waals surface area contributed by atoms with Crippen molar-refractivity contribution in [2.24, 2.45) is 0 Å². The Balaban J connectivity index is 1.92. The van der Waals surface area contributed by atoms with Gasteiger partial charge in [-0.2, -0.15) is 13.2 Å². The second-order valence-electron chi connectivity index (χ2n) is 4.64. The van der Waals surface area contributed by atoms with Crippen molar-refractivity contribution in [3.8, 4) is 0 Å². The van der Waals surface area contributed by atoms with Gasteiger partial charge in [0.1, 0.15) is 0 Å². The molecule has 0 fully saturated rings. The summed E-state index contributed by atoms with van der Waals surface area (Å²) in [5.41, 5.74) is 1.63. The number of alkyl halides is 3. The molecule has 0 amide bonds. The maximum atomic E-state index is 12.3. The standard InChI is InChI=1S/C14H16F3N/c15-14(16,17)9-13-7-4-8-18(11-13)10-12-5-2-1-3-6-12/h1-3,5-7H,4,8-11H2. The van der Waals surface area contributed by atoms with Crippen LogP contribution in [0.3, 0.4) is 0 Å². The van der Waals surface area contributed by atoms with E-state index in [9.17, 15) is 13.2 Å². The first-order chi connectivity index (χ1) is 8.53. The molecule has 2 rings (SSSR count). The van der Waals surface area contributed by atoms with Crippen LogP contribution in [-0.4, -0.2) is 24.2 Å². The van der Waals surface area contributed by atoms with Gasteiger partial charge in [-0.1, -0.05) is 42.0 Å². The van der Waals surface area contributed by atoms with Crippen LogP contribution in [0.25, 0.3) is 0 Å². The lowest BCUT2D eigenvalue weighted by atomic mass is 10.1. The van der Waals surface area contributed by atoms with Crippen LogP contribution in [0.15, 0.2) is 42.0 Å². The van der Waals surface area contributed by atoms with Gasteiger partial charge >= 0.3 is 6.18 Å². The molecule has 0 saturated heterocycles. The molecule has 18 heavy (non-hydrogen) atoms. The Labute approximate surface area is 105 Å². The minimum absolute atomic E-state index is 0.425. The maximum Gasteiger partial charge on any atom is 0.392 e. The van der Waals surface area contributed by atoms with Gasteiger partial charge in [-0.25, -0.2) is 0 Å². The Morgan fingerprint density at radius 2 is 1.83 bits per heavy atom. The molecule has 0 saturated carbocycles. The fourth-order valence-electron chi connectivity index (χ4n) is 2.24. The highest BCUT2D eigenvalue weighted by atomic mass is 19.4. The van der Waals surface area contributed by atoms with Gasteiger partial charge in [-0.3, -0.25) is 4.90 Å². The number of benzene rings is 1. The minimum Gasteiger partial charge on any atom is -0.295 e. The third-order valence-corrected chi connectivity index (χ3v) is 2.98. The van der Waals surface area contributed by atoms with Crippen molar-refractivity contribution in [3.63, 3.8) is 0 Å². The van der Waals surface area contributed by atoms with E-state index in [1.165, 1.54) is 0 Å². The molecule has 1 aliphatic rings. The SMILES string of the molecule is FC(F)(F)CC1=CCCN(Cc2ccccc2)C1. The lowest BCUT2D eigenvalue weighted by molar-refractivity contribution is -0.128. The van der Waals surface area contributed by atoms with E-state index >= 15 is 0 Å². The summed E-state index contributed by atoms with van der Waals surface area (Å²) >= 11 is 0. The molecule has 1 aliphatic heterocycles. The number of halogens is 3. The summed E-state index contributed by atoms with van der Waals surface area (Å²) in [6.07, 6.45) is -2.44. The van der Waals surface area contributed by atoms with Crippen molar-refractivity contribution >= 4 is 0 Å². The van der Waals surface area contributed by atoms with Crippen LogP contribution in [-0.2, 0) is 6.54 Å². The number of hydrogen-bond acceptors (Lipinski definition) is 1. The highest BCUT2D eigenvalue weighted by Gasteiger charge is 2.30. The van der Waals surface area contributed by atoms with Gasteiger partial charge in [0.15, 0.2) is 0 Å². The minimum atomic E-state index is -4.10. The smallest absolute Gasteiger partial charge is 0.295 e. The largest absolute Gasteiger partial charge is 0.392 e. The third-order valence-electron chi connectivity index (χ3n) is 2.98. The average molecular weight is 255 g/mol. The van der Waals surface area contributed by atoms with Crippen LogP contribution in [0.1, 0.15) is 18.4 Å². The molecule has 0 N–H and O–H groups in total. The van der Waals surface area contributed by atoms with Crippen LogP contribution >= 0.6 is 0 Å². The molecule has 4 heteroatoms. The zero-order valence-electron chi connectivity index (χ0n) is 10.1. The Morgan fingerprint density at radius 1 is 1.11 bits per heavy atom. The fourth-order valence-corrected chi connectivity index (χ4v) is 2.24. The highest BCUT2D eigenvalue weighted by molar-refractivity contribution is 5.16. The van der Waals surface area contributed by atoms with Crippen molar-refractivity contribution < 1.29 is 13.2 Å². The predicted octanol–water partition coefficient (Wildman–Crippen LogP) is 3.77. The van der Waals surface area contributed by atoms with Crippen molar-refractivity contribution in [3.05, 3.63) is 47.5 Å². The second-order valence-corrected chi connectivity index (χ2v) is 4.64. The van der Waals surface area contributed by atoms with E-state index < -0.39 is 12.6 Å². The van der Waals surface area contributed by atoms with Gasteiger partial charge in [0.25, 0.3) is 0 Å². The van der Waals surface area contributed by atoms with Crippen molar-refractivity contribution in [2.45, 2.75) is 25.6 Å². The molecule has 0 spiro atoms. The Kier molecular flexibility index (Phi) is 4.07. The molecule has 0 atom stereocenters. The molecule has 98 valence electrons. The summed E-state index contributed by atoms with van der Waals surface area (Å²) < 4.78 is 37.0. The van der Waals surface area contributed by atoms with Crippen molar-refractivity contribution in [1.82, 2.24) is 4.90 Å². The van der Waals surface area contributed by atoms with Gasteiger partial charge in [-0.05, 0) is 12.0 Å². The number of rotatable bonds is 3. The topological polar surface area (TPSA) is 3.24 Å². The summed E-state index contributed by atoms with van der Waals surface area (Å²) in [5.74, 6) is 0. The second kappa shape index (κ2) is 5.57. The lowest BCUT2D eigenvalue weighted by Crippen LogP contribution is -2.30. The molecule has 1 heterocycles. The Hall–Kier alpha value is -1.29. The molecule has 0 aliphatic carbocycles. The van der Waals surface area contributed by atoms with E-state index in [1.807, 2.05) is 30.3 Å². The van der Waals surface area contributed by atoms with Gasteiger partial charge in [-0.15, -0.1) is 0 Å². The van der Waals surface area contributed by atoms with Crippen LogP contribution in [0, 0.1) is 0 Å². The van der Waals surface area contributed by atoms with E-state index in [4.69, 9.17) is 0 Å². The summed E-state index contributed by atoms with van der Waals surface area (Å²) in [6.45, 7) is 1.97. The molecule has 1 nitrogen and oxygen atoms in total. The zero-order valence-corrected chi connectivity index (χ0v) is 10.1. The molecular weight excluding hydrogens is 239 g/mol. The van der Waals surface area contributed by atoms with Gasteiger partial charge in [0.2, 0.25) is 0 Å². The van der Waals surface area contributed by atoms with Crippen LogP contribution < -0.4 is 0 Å². The Morgan fingerprint density at radius 3 is 2.50 bits per heavy atom. The fraction of sp³-hybridized carbons (Fsp3) is 0.429. The van der Waals surface area contributed by atoms with Gasteiger partial charge in [0.05, 0.1) is 6.42 Å². The first-order valence-electron chi connectivity index (χ1n) is 6.04. The third kappa shape index (κ3) is 4.18. The summed E-state index contributed by atoms with van der Waals surface area (Å²) in [7, 11) is 0. The first kappa shape index (κ1) is 13.1. The lowest BCUT2D eigenvalue weighted by Gasteiger charge is -2.27. The predicted molar refractivity (Wildman–Crippen MR) is 65.1 cm³/mol. The van der Waals surface area contributed by atoms with E-state index in [1.54, 1.807) is 6.08 Å². The average Bonchev–Trinajstić information content (AvgIpc) is 2.28. The van der Waals surface area contributed by atoms with Gasteiger partial charge < -0.3 is 0 Å². The summed E-state index contributed by atoms with van der Waals surface area (Å²) in [5, 5.41) is 0. The van der Waals surface area contributed by atoms with Crippen molar-refractivity contribution in [1.29, 1.82) is 0 Å². The molecule has 0 bridgehead atoms. The van der Waals surface area contributed by atoms with Crippen molar-refractivity contribution in [2.75, 3.05) is 13.1 Å². The normalized spacial score (nSPS) is 17.6. The molecule has 0 unspecified atom stereocenters. The van der Waals surface area contributed by atoms with E-state index in [0.29, 0.717) is 18.5 Å². The molecule has 1 aromatic rings. The number of hydrogen-bond donors (Lipinski definition) is 0. The van der Waals surface area contributed by atoms with E-state index in [2.05, 4.69) is 4.90 Å². The summed E-state index contributed by atoms with van der Waals surface area (Å²) in [6, 6.07) is 9.84. The quantitative estimate of drug-likeness (QED) is 0.743. The van der Waals surface area contributed by atoms with Crippen LogP contribution in [0.4, 0.5) is 13.2 Å². The monoisotopic (exact) mass is 255 g/mol.